The van der Waals surface area contributed by atoms with Gasteiger partial charge in [-0.2, -0.15) is 0 Å². The van der Waals surface area contributed by atoms with Crippen molar-refractivity contribution in [2.24, 2.45) is 0 Å². The van der Waals surface area contributed by atoms with Gasteiger partial charge in [-0.3, -0.25) is 4.79 Å². The van der Waals surface area contributed by atoms with E-state index >= 15 is 0 Å². The molecule has 0 aliphatic heterocycles. The molecule has 1 aromatic rings. The Morgan fingerprint density at radius 3 is 2.69 bits per heavy atom. The molecule has 2 nitrogen and oxygen atoms in total. The second-order valence-corrected chi connectivity index (χ2v) is 5.53. The number of halogens is 2. The molecule has 0 radical (unpaired) electrons. The molecule has 0 fully saturated rings. The summed E-state index contributed by atoms with van der Waals surface area (Å²) in [6.45, 7) is 3.46. The van der Waals surface area contributed by atoms with Crippen LogP contribution in [0.15, 0.2) is 12.1 Å². The zero-order valence-electron chi connectivity index (χ0n) is 9.21. The number of thiophene rings is 1. The highest BCUT2D eigenvalue weighted by molar-refractivity contribution is 7.17. The standard InChI is InChI=1S/C11H15Cl2NOS/c1-2-3-7-14(8-6-12)11(15)9-4-5-10(13)16-9/h4-5H,2-3,6-8H2,1H3. The van der Waals surface area contributed by atoms with Crippen molar-refractivity contribution in [3.63, 3.8) is 0 Å². The lowest BCUT2D eigenvalue weighted by Crippen LogP contribution is -2.33. The molecule has 0 spiro atoms. The minimum absolute atomic E-state index is 0.0333. The fourth-order valence-electron chi connectivity index (χ4n) is 1.35. The molecular weight excluding hydrogens is 265 g/mol. The monoisotopic (exact) mass is 279 g/mol. The molecule has 1 rings (SSSR count). The Balaban J connectivity index is 2.66. The van der Waals surface area contributed by atoms with E-state index in [0.717, 1.165) is 19.4 Å². The second kappa shape index (κ2) is 7.15. The van der Waals surface area contributed by atoms with Crippen molar-refractivity contribution in [3.05, 3.63) is 21.3 Å². The fourth-order valence-corrected chi connectivity index (χ4v) is 2.57. The van der Waals surface area contributed by atoms with Crippen LogP contribution in [0.25, 0.3) is 0 Å². The second-order valence-electron chi connectivity index (χ2n) is 3.44. The Bertz CT molecular complexity index is 340. The molecule has 5 heteroatoms. The maximum absolute atomic E-state index is 12.1. The molecule has 0 saturated heterocycles. The highest BCUT2D eigenvalue weighted by Crippen LogP contribution is 2.22. The SMILES string of the molecule is CCCCN(CCCl)C(=O)c1ccc(Cl)s1. The van der Waals surface area contributed by atoms with Crippen LogP contribution in [0.4, 0.5) is 0 Å². The van der Waals surface area contributed by atoms with E-state index in [9.17, 15) is 4.79 Å². The van der Waals surface area contributed by atoms with Gasteiger partial charge in [0.15, 0.2) is 0 Å². The van der Waals surface area contributed by atoms with E-state index in [4.69, 9.17) is 23.2 Å². The van der Waals surface area contributed by atoms with Crippen LogP contribution in [0.2, 0.25) is 4.34 Å². The summed E-state index contributed by atoms with van der Waals surface area (Å²) in [6.07, 6.45) is 2.07. The highest BCUT2D eigenvalue weighted by Gasteiger charge is 2.16. The van der Waals surface area contributed by atoms with Gasteiger partial charge in [-0.15, -0.1) is 22.9 Å². The number of amides is 1. The quantitative estimate of drug-likeness (QED) is 0.724. The molecule has 0 aliphatic carbocycles. The summed E-state index contributed by atoms with van der Waals surface area (Å²) in [5.74, 6) is 0.500. The average Bonchev–Trinajstić information content (AvgIpc) is 2.70. The molecule has 0 atom stereocenters. The van der Waals surface area contributed by atoms with Gasteiger partial charge in [0.25, 0.3) is 5.91 Å². The third kappa shape index (κ3) is 3.96. The number of unbranched alkanes of at least 4 members (excludes halogenated alkanes) is 1. The molecule has 1 aromatic heterocycles. The number of alkyl halides is 1. The smallest absolute Gasteiger partial charge is 0.264 e. The Kier molecular flexibility index (Phi) is 6.17. The molecule has 90 valence electrons. The maximum Gasteiger partial charge on any atom is 0.264 e. The molecule has 0 aromatic carbocycles. The van der Waals surface area contributed by atoms with Crippen molar-refractivity contribution >= 4 is 40.4 Å². The average molecular weight is 280 g/mol. The summed E-state index contributed by atoms with van der Waals surface area (Å²) in [5.41, 5.74) is 0. The van der Waals surface area contributed by atoms with Gasteiger partial charge in [0.1, 0.15) is 0 Å². The Hall–Kier alpha value is -0.250. The lowest BCUT2D eigenvalue weighted by Gasteiger charge is -2.20. The van der Waals surface area contributed by atoms with E-state index in [0.29, 0.717) is 21.6 Å². The molecular formula is C11H15Cl2NOS. The van der Waals surface area contributed by atoms with E-state index in [1.807, 2.05) is 0 Å². The minimum Gasteiger partial charge on any atom is -0.337 e. The van der Waals surface area contributed by atoms with Crippen LogP contribution in [-0.2, 0) is 0 Å². The van der Waals surface area contributed by atoms with Crippen LogP contribution in [0.5, 0.6) is 0 Å². The lowest BCUT2D eigenvalue weighted by molar-refractivity contribution is 0.0768. The Morgan fingerprint density at radius 1 is 1.44 bits per heavy atom. The zero-order chi connectivity index (χ0) is 12.0. The van der Waals surface area contributed by atoms with E-state index in [1.165, 1.54) is 11.3 Å². The lowest BCUT2D eigenvalue weighted by atomic mass is 10.3. The largest absolute Gasteiger partial charge is 0.337 e. The molecule has 0 aliphatic rings. The van der Waals surface area contributed by atoms with Crippen molar-refractivity contribution in [2.75, 3.05) is 19.0 Å². The predicted octanol–water partition coefficient (Wildman–Crippen LogP) is 3.88. The van der Waals surface area contributed by atoms with Gasteiger partial charge in [-0.05, 0) is 18.6 Å². The van der Waals surface area contributed by atoms with Crippen molar-refractivity contribution in [1.29, 1.82) is 0 Å². The summed E-state index contributed by atoms with van der Waals surface area (Å²) < 4.78 is 0.643. The van der Waals surface area contributed by atoms with Crippen LogP contribution >= 0.6 is 34.5 Å². The third-order valence-corrected chi connectivity index (χ3v) is 3.60. The first-order valence-corrected chi connectivity index (χ1v) is 7.02. The molecule has 1 heterocycles. The number of carbonyl (C=O) groups is 1. The van der Waals surface area contributed by atoms with Gasteiger partial charge < -0.3 is 4.90 Å². The van der Waals surface area contributed by atoms with Crippen molar-refractivity contribution < 1.29 is 4.79 Å². The summed E-state index contributed by atoms with van der Waals surface area (Å²) in [6, 6.07) is 3.51. The van der Waals surface area contributed by atoms with Crippen molar-refractivity contribution in [3.8, 4) is 0 Å². The molecule has 0 unspecified atom stereocenters. The molecule has 16 heavy (non-hydrogen) atoms. The van der Waals surface area contributed by atoms with Crippen LogP contribution in [-0.4, -0.2) is 29.8 Å². The molecule has 0 saturated carbocycles. The van der Waals surface area contributed by atoms with Gasteiger partial charge in [0, 0.05) is 19.0 Å². The van der Waals surface area contributed by atoms with Gasteiger partial charge in [0.2, 0.25) is 0 Å². The molecule has 0 N–H and O–H groups in total. The zero-order valence-corrected chi connectivity index (χ0v) is 11.5. The van der Waals surface area contributed by atoms with Gasteiger partial charge in [-0.1, -0.05) is 24.9 Å². The van der Waals surface area contributed by atoms with E-state index in [2.05, 4.69) is 6.92 Å². The first-order chi connectivity index (χ1) is 7.69. The van der Waals surface area contributed by atoms with E-state index in [-0.39, 0.29) is 5.91 Å². The fraction of sp³-hybridized carbons (Fsp3) is 0.545. The normalized spacial score (nSPS) is 10.4. The van der Waals surface area contributed by atoms with Crippen molar-refractivity contribution in [2.45, 2.75) is 19.8 Å². The Morgan fingerprint density at radius 2 is 2.19 bits per heavy atom. The minimum atomic E-state index is 0.0333. The number of nitrogens with zero attached hydrogens (tertiary/aromatic N) is 1. The van der Waals surface area contributed by atoms with Crippen LogP contribution in [0.1, 0.15) is 29.4 Å². The highest BCUT2D eigenvalue weighted by atomic mass is 35.5. The first kappa shape index (κ1) is 13.8. The van der Waals surface area contributed by atoms with E-state index < -0.39 is 0 Å². The van der Waals surface area contributed by atoms with Crippen LogP contribution in [0, 0.1) is 0 Å². The van der Waals surface area contributed by atoms with Crippen LogP contribution in [0.3, 0.4) is 0 Å². The summed E-state index contributed by atoms with van der Waals surface area (Å²) in [4.78, 5) is 14.5. The van der Waals surface area contributed by atoms with Crippen molar-refractivity contribution in [1.82, 2.24) is 4.90 Å². The summed E-state index contributed by atoms with van der Waals surface area (Å²) >= 11 is 12.8. The maximum atomic E-state index is 12.1. The Labute approximate surface area is 110 Å². The third-order valence-electron chi connectivity index (χ3n) is 2.21. The molecule has 1 amide bonds. The summed E-state index contributed by atoms with van der Waals surface area (Å²) in [7, 11) is 0. The number of hydrogen-bond donors (Lipinski definition) is 0. The first-order valence-electron chi connectivity index (χ1n) is 5.29. The number of rotatable bonds is 6. The van der Waals surface area contributed by atoms with Crippen LogP contribution < -0.4 is 0 Å². The predicted molar refractivity (Wildman–Crippen MR) is 70.9 cm³/mol. The van der Waals surface area contributed by atoms with Gasteiger partial charge in [0.05, 0.1) is 9.21 Å². The molecule has 0 bridgehead atoms. The van der Waals surface area contributed by atoms with Gasteiger partial charge in [-0.25, -0.2) is 0 Å². The number of hydrogen-bond acceptors (Lipinski definition) is 2. The summed E-state index contributed by atoms with van der Waals surface area (Å²) in [5, 5.41) is 0. The number of carbonyl (C=O) groups excluding carboxylic acids is 1. The van der Waals surface area contributed by atoms with Gasteiger partial charge >= 0.3 is 0 Å². The van der Waals surface area contributed by atoms with E-state index in [1.54, 1.807) is 17.0 Å². The topological polar surface area (TPSA) is 20.3 Å².